The van der Waals surface area contributed by atoms with Crippen molar-refractivity contribution in [2.45, 2.75) is 19.8 Å². The predicted octanol–water partition coefficient (Wildman–Crippen LogP) is 6.06. The number of halogens is 2. The number of fused-ring (bicyclic) bond motifs is 1. The van der Waals surface area contributed by atoms with Crippen LogP contribution in [-0.2, 0) is 4.74 Å². The quantitative estimate of drug-likeness (QED) is 0.252. The third kappa shape index (κ3) is 6.90. The van der Waals surface area contributed by atoms with Gasteiger partial charge in [-0.25, -0.2) is 9.78 Å². The summed E-state index contributed by atoms with van der Waals surface area (Å²) in [6.45, 7) is 7.49. The van der Waals surface area contributed by atoms with Crippen molar-refractivity contribution >= 4 is 45.9 Å². The first kappa shape index (κ1) is 25.4. The monoisotopic (exact) mass is 517 g/mol. The minimum absolute atomic E-state index is 0.200. The van der Waals surface area contributed by atoms with Crippen molar-refractivity contribution in [1.82, 2.24) is 9.88 Å². The second-order valence-corrected chi connectivity index (χ2v) is 9.03. The Kier molecular flexibility index (Phi) is 8.90. The fourth-order valence-corrected chi connectivity index (χ4v) is 4.45. The molecule has 1 aliphatic rings. The van der Waals surface area contributed by atoms with Gasteiger partial charge in [-0.1, -0.05) is 29.3 Å². The Balaban J connectivity index is 1.19. The van der Waals surface area contributed by atoms with Gasteiger partial charge in [0.05, 0.1) is 34.5 Å². The summed E-state index contributed by atoms with van der Waals surface area (Å²) in [6, 6.07) is 15.0. The Hall–Kier alpha value is -2.74. The maximum atomic E-state index is 11.5. The molecule has 0 spiro atoms. The number of carbonyl (C=O) groups excluding carboxylic acids is 1. The second-order valence-electron chi connectivity index (χ2n) is 8.25. The maximum absolute atomic E-state index is 11.5. The minimum atomic E-state index is -0.763. The topological polar surface area (TPSA) is 64.1 Å². The molecule has 2 heterocycles. The number of aromatic nitrogens is 1. The summed E-state index contributed by atoms with van der Waals surface area (Å²) < 4.78 is 15.8. The number of hydrogen-bond acceptors (Lipinski definition) is 7. The van der Waals surface area contributed by atoms with Crippen LogP contribution >= 0.6 is 23.2 Å². The molecule has 0 unspecified atom stereocenters. The zero-order valence-corrected chi connectivity index (χ0v) is 21.2. The number of benzene rings is 2. The van der Waals surface area contributed by atoms with Crippen LogP contribution in [0.3, 0.4) is 0 Å². The standard InChI is InChI=1S/C26H29Cl2N3O4/c1-2-33-26(32)35-24-11-9-19-8-10-20(18-22(19)29-24)34-17-4-3-12-30-13-15-31(16-14-30)23-7-5-6-21(27)25(23)28/h5-11,18H,2-4,12-17H2,1H3. The van der Waals surface area contributed by atoms with Crippen molar-refractivity contribution in [3.8, 4) is 11.6 Å². The molecule has 35 heavy (non-hydrogen) atoms. The Morgan fingerprint density at radius 3 is 2.63 bits per heavy atom. The zero-order valence-electron chi connectivity index (χ0n) is 19.7. The van der Waals surface area contributed by atoms with E-state index in [2.05, 4.69) is 14.8 Å². The van der Waals surface area contributed by atoms with E-state index in [1.807, 2.05) is 42.5 Å². The molecule has 1 saturated heterocycles. The van der Waals surface area contributed by atoms with Gasteiger partial charge in [-0.05, 0) is 56.6 Å². The zero-order chi connectivity index (χ0) is 24.6. The Labute approximate surface area is 215 Å². The molecule has 7 nitrogen and oxygen atoms in total. The first-order valence-electron chi connectivity index (χ1n) is 11.8. The average Bonchev–Trinajstić information content (AvgIpc) is 2.86. The summed E-state index contributed by atoms with van der Waals surface area (Å²) in [4.78, 5) is 20.7. The number of nitrogens with zero attached hydrogens (tertiary/aromatic N) is 3. The number of unbranched alkanes of at least 4 members (excludes halogenated alkanes) is 1. The molecule has 2 aromatic carbocycles. The third-order valence-electron chi connectivity index (χ3n) is 5.87. The molecule has 0 saturated carbocycles. The fraction of sp³-hybridized carbons (Fsp3) is 0.385. The van der Waals surface area contributed by atoms with E-state index in [0.717, 1.165) is 62.4 Å². The molecule has 0 aliphatic carbocycles. The molecule has 0 N–H and O–H groups in total. The van der Waals surface area contributed by atoms with Gasteiger partial charge in [-0.15, -0.1) is 0 Å². The highest BCUT2D eigenvalue weighted by Gasteiger charge is 2.19. The summed E-state index contributed by atoms with van der Waals surface area (Å²) >= 11 is 12.5. The highest BCUT2D eigenvalue weighted by Crippen LogP contribution is 2.33. The van der Waals surface area contributed by atoms with Crippen LogP contribution in [-0.4, -0.2) is 62.0 Å². The van der Waals surface area contributed by atoms with Gasteiger partial charge in [0.15, 0.2) is 0 Å². The fourth-order valence-electron chi connectivity index (χ4n) is 4.03. The van der Waals surface area contributed by atoms with Crippen LogP contribution in [0.5, 0.6) is 11.6 Å². The molecule has 1 aromatic heterocycles. The van der Waals surface area contributed by atoms with E-state index in [9.17, 15) is 4.79 Å². The Morgan fingerprint density at radius 1 is 1.03 bits per heavy atom. The molecule has 186 valence electrons. The van der Waals surface area contributed by atoms with Gasteiger partial charge in [0.2, 0.25) is 5.88 Å². The second kappa shape index (κ2) is 12.3. The minimum Gasteiger partial charge on any atom is -0.494 e. The van der Waals surface area contributed by atoms with E-state index < -0.39 is 6.16 Å². The van der Waals surface area contributed by atoms with Crippen LogP contribution in [0.2, 0.25) is 10.0 Å². The van der Waals surface area contributed by atoms with E-state index in [0.29, 0.717) is 22.2 Å². The van der Waals surface area contributed by atoms with Crippen molar-refractivity contribution in [3.63, 3.8) is 0 Å². The van der Waals surface area contributed by atoms with Crippen molar-refractivity contribution in [3.05, 3.63) is 58.6 Å². The smallest absolute Gasteiger partial charge is 0.494 e. The summed E-state index contributed by atoms with van der Waals surface area (Å²) in [5.74, 6) is 0.941. The van der Waals surface area contributed by atoms with Crippen LogP contribution in [0.15, 0.2) is 48.5 Å². The van der Waals surface area contributed by atoms with Crippen LogP contribution in [0.25, 0.3) is 10.9 Å². The lowest BCUT2D eigenvalue weighted by Crippen LogP contribution is -2.46. The molecule has 0 amide bonds. The van der Waals surface area contributed by atoms with E-state index in [1.165, 1.54) is 0 Å². The molecule has 9 heteroatoms. The molecular formula is C26H29Cl2N3O4. The van der Waals surface area contributed by atoms with Gasteiger partial charge in [-0.3, -0.25) is 4.90 Å². The van der Waals surface area contributed by atoms with Crippen molar-refractivity contribution in [2.75, 3.05) is 50.8 Å². The van der Waals surface area contributed by atoms with Crippen LogP contribution in [0.1, 0.15) is 19.8 Å². The number of pyridine rings is 1. The van der Waals surface area contributed by atoms with Crippen molar-refractivity contribution < 1.29 is 19.0 Å². The van der Waals surface area contributed by atoms with Gasteiger partial charge < -0.3 is 19.1 Å². The number of hydrogen-bond donors (Lipinski definition) is 0. The Bertz CT molecular complexity index is 1150. The molecule has 0 bridgehead atoms. The average molecular weight is 518 g/mol. The lowest BCUT2D eigenvalue weighted by molar-refractivity contribution is 0.103. The Morgan fingerprint density at radius 2 is 1.83 bits per heavy atom. The number of ether oxygens (including phenoxy) is 3. The lowest BCUT2D eigenvalue weighted by Gasteiger charge is -2.36. The molecule has 0 radical (unpaired) electrons. The highest BCUT2D eigenvalue weighted by molar-refractivity contribution is 6.43. The van der Waals surface area contributed by atoms with Gasteiger partial charge in [0.25, 0.3) is 0 Å². The van der Waals surface area contributed by atoms with Crippen molar-refractivity contribution in [1.29, 1.82) is 0 Å². The van der Waals surface area contributed by atoms with E-state index in [4.69, 9.17) is 37.4 Å². The predicted molar refractivity (Wildman–Crippen MR) is 139 cm³/mol. The van der Waals surface area contributed by atoms with Gasteiger partial charge in [0.1, 0.15) is 5.75 Å². The van der Waals surface area contributed by atoms with E-state index in [-0.39, 0.29) is 12.5 Å². The highest BCUT2D eigenvalue weighted by atomic mass is 35.5. The number of piperazine rings is 1. The molecule has 3 aromatic rings. The molecule has 1 aliphatic heterocycles. The normalized spacial score (nSPS) is 14.2. The summed E-state index contributed by atoms with van der Waals surface area (Å²) in [5, 5.41) is 2.16. The first-order valence-corrected chi connectivity index (χ1v) is 12.6. The van der Waals surface area contributed by atoms with E-state index >= 15 is 0 Å². The largest absolute Gasteiger partial charge is 0.515 e. The number of rotatable bonds is 9. The SMILES string of the molecule is CCOC(=O)Oc1ccc2ccc(OCCCCN3CCN(c4cccc(Cl)c4Cl)CC3)cc2n1. The third-order valence-corrected chi connectivity index (χ3v) is 6.68. The van der Waals surface area contributed by atoms with Gasteiger partial charge >= 0.3 is 6.16 Å². The lowest BCUT2D eigenvalue weighted by atomic mass is 10.2. The number of carbonyl (C=O) groups is 1. The van der Waals surface area contributed by atoms with Crippen LogP contribution < -0.4 is 14.4 Å². The van der Waals surface area contributed by atoms with Crippen LogP contribution in [0.4, 0.5) is 10.5 Å². The number of anilines is 1. The van der Waals surface area contributed by atoms with Gasteiger partial charge in [-0.2, -0.15) is 0 Å². The molecule has 1 fully saturated rings. The summed E-state index contributed by atoms with van der Waals surface area (Å²) in [6.07, 6.45) is 1.25. The summed E-state index contributed by atoms with van der Waals surface area (Å²) in [5.41, 5.74) is 1.71. The maximum Gasteiger partial charge on any atom is 0.515 e. The summed E-state index contributed by atoms with van der Waals surface area (Å²) in [7, 11) is 0. The molecule has 4 rings (SSSR count). The van der Waals surface area contributed by atoms with E-state index in [1.54, 1.807) is 13.0 Å². The first-order chi connectivity index (χ1) is 17.0. The molecular weight excluding hydrogens is 489 g/mol. The van der Waals surface area contributed by atoms with Crippen LogP contribution in [0, 0.1) is 0 Å². The van der Waals surface area contributed by atoms with Gasteiger partial charge in [0, 0.05) is 43.7 Å². The van der Waals surface area contributed by atoms with Crippen molar-refractivity contribution in [2.24, 2.45) is 0 Å². The molecule has 0 atom stereocenters.